The highest BCUT2D eigenvalue weighted by molar-refractivity contribution is 5.84. The number of nitrogens with one attached hydrogen (secondary N) is 1. The third-order valence-electron chi connectivity index (χ3n) is 3.82. The second-order valence-corrected chi connectivity index (χ2v) is 5.29. The van der Waals surface area contributed by atoms with Gasteiger partial charge in [0.2, 0.25) is 0 Å². The molecule has 20 heavy (non-hydrogen) atoms. The van der Waals surface area contributed by atoms with Crippen LogP contribution >= 0.6 is 0 Å². The van der Waals surface area contributed by atoms with E-state index in [0.29, 0.717) is 6.04 Å². The lowest BCUT2D eigenvalue weighted by atomic mass is 10.1. The summed E-state index contributed by atoms with van der Waals surface area (Å²) in [4.78, 5) is 6.78. The highest BCUT2D eigenvalue weighted by atomic mass is 15.1. The molecule has 108 valence electrons. The normalized spacial score (nSPS) is 13.0. The fourth-order valence-electron chi connectivity index (χ4n) is 2.54. The molecule has 0 radical (unpaired) electrons. The molecule has 0 aliphatic carbocycles. The molecular weight excluding hydrogens is 246 g/mol. The van der Waals surface area contributed by atoms with Gasteiger partial charge in [-0.25, -0.2) is 0 Å². The molecule has 0 saturated carbocycles. The summed E-state index contributed by atoms with van der Waals surface area (Å²) < 4.78 is 0. The van der Waals surface area contributed by atoms with Crippen LogP contribution in [-0.4, -0.2) is 35.6 Å². The molecule has 0 aliphatic rings. The summed E-state index contributed by atoms with van der Waals surface area (Å²) in [6, 6.07) is 8.91. The average molecular weight is 271 g/mol. The maximum atomic E-state index is 4.33. The van der Waals surface area contributed by atoms with Gasteiger partial charge in [-0.2, -0.15) is 0 Å². The predicted molar refractivity (Wildman–Crippen MR) is 85.8 cm³/mol. The fourth-order valence-corrected chi connectivity index (χ4v) is 2.54. The van der Waals surface area contributed by atoms with Gasteiger partial charge in [-0.05, 0) is 31.0 Å². The summed E-state index contributed by atoms with van der Waals surface area (Å²) >= 11 is 0. The van der Waals surface area contributed by atoms with E-state index in [2.05, 4.69) is 60.2 Å². The van der Waals surface area contributed by atoms with E-state index in [4.69, 9.17) is 0 Å². The molecule has 2 aromatic rings. The second-order valence-electron chi connectivity index (χ2n) is 5.29. The molecule has 1 atom stereocenters. The third kappa shape index (κ3) is 3.78. The number of hydrogen-bond acceptors (Lipinski definition) is 3. The first-order chi connectivity index (χ1) is 9.74. The lowest BCUT2D eigenvalue weighted by Crippen LogP contribution is -2.38. The molecule has 0 bridgehead atoms. The van der Waals surface area contributed by atoms with Gasteiger partial charge in [0.05, 0.1) is 0 Å². The van der Waals surface area contributed by atoms with Crippen molar-refractivity contribution in [1.29, 1.82) is 0 Å². The minimum atomic E-state index is 0.480. The third-order valence-corrected chi connectivity index (χ3v) is 3.82. The summed E-state index contributed by atoms with van der Waals surface area (Å²) in [5.74, 6) is 0. The van der Waals surface area contributed by atoms with Crippen molar-refractivity contribution < 1.29 is 0 Å². The Morgan fingerprint density at radius 3 is 2.65 bits per heavy atom. The van der Waals surface area contributed by atoms with E-state index < -0.39 is 0 Å². The molecular formula is C17H25N3. The van der Waals surface area contributed by atoms with Crippen molar-refractivity contribution >= 4 is 10.8 Å². The molecule has 1 aromatic heterocycles. The van der Waals surface area contributed by atoms with Gasteiger partial charge >= 0.3 is 0 Å². The van der Waals surface area contributed by atoms with Crippen molar-refractivity contribution in [3.63, 3.8) is 0 Å². The van der Waals surface area contributed by atoms with E-state index >= 15 is 0 Å². The molecule has 0 amide bonds. The first-order valence-corrected chi connectivity index (χ1v) is 7.52. The summed E-state index contributed by atoms with van der Waals surface area (Å²) in [5, 5.41) is 6.12. The van der Waals surface area contributed by atoms with Gasteiger partial charge in [0.25, 0.3) is 0 Å². The summed E-state index contributed by atoms with van der Waals surface area (Å²) in [7, 11) is 0. The van der Waals surface area contributed by atoms with Crippen LogP contribution in [0.2, 0.25) is 0 Å². The zero-order valence-electron chi connectivity index (χ0n) is 12.8. The number of hydrogen-bond donors (Lipinski definition) is 1. The van der Waals surface area contributed by atoms with Crippen LogP contribution in [-0.2, 0) is 6.54 Å². The van der Waals surface area contributed by atoms with Gasteiger partial charge in [-0.3, -0.25) is 4.98 Å². The fraction of sp³-hybridized carbons (Fsp3) is 0.471. The number of fused-ring (bicyclic) bond motifs is 1. The van der Waals surface area contributed by atoms with Crippen molar-refractivity contribution in [2.45, 2.75) is 33.4 Å². The van der Waals surface area contributed by atoms with Gasteiger partial charge in [0.1, 0.15) is 0 Å². The van der Waals surface area contributed by atoms with Crippen LogP contribution in [0.5, 0.6) is 0 Å². The first-order valence-electron chi connectivity index (χ1n) is 7.52. The van der Waals surface area contributed by atoms with Crippen LogP contribution in [0.15, 0.2) is 36.7 Å². The van der Waals surface area contributed by atoms with Gasteiger partial charge in [-0.1, -0.05) is 38.1 Å². The lowest BCUT2D eigenvalue weighted by molar-refractivity contribution is 0.271. The van der Waals surface area contributed by atoms with E-state index in [0.717, 1.165) is 26.2 Å². The van der Waals surface area contributed by atoms with Crippen LogP contribution in [0, 0.1) is 0 Å². The first kappa shape index (κ1) is 14.9. The summed E-state index contributed by atoms with van der Waals surface area (Å²) in [6.07, 6.45) is 3.90. The largest absolute Gasteiger partial charge is 0.309 e. The van der Waals surface area contributed by atoms with Gasteiger partial charge in [0, 0.05) is 36.9 Å². The van der Waals surface area contributed by atoms with Crippen molar-refractivity contribution in [1.82, 2.24) is 15.2 Å². The molecule has 1 unspecified atom stereocenters. The Hall–Kier alpha value is -1.45. The summed E-state index contributed by atoms with van der Waals surface area (Å²) in [5.41, 5.74) is 1.27. The van der Waals surface area contributed by atoms with Crippen LogP contribution in [0.3, 0.4) is 0 Å². The second kappa shape index (κ2) is 7.36. The summed E-state index contributed by atoms with van der Waals surface area (Å²) in [6.45, 7) is 10.9. The van der Waals surface area contributed by atoms with Crippen molar-refractivity contribution in [3.8, 4) is 0 Å². The molecule has 3 heteroatoms. The van der Waals surface area contributed by atoms with Crippen molar-refractivity contribution in [3.05, 3.63) is 42.2 Å². The predicted octanol–water partition coefficient (Wildman–Crippen LogP) is 3.05. The Morgan fingerprint density at radius 2 is 1.90 bits per heavy atom. The highest BCUT2D eigenvalue weighted by Gasteiger charge is 2.07. The van der Waals surface area contributed by atoms with E-state index in [1.54, 1.807) is 0 Å². The van der Waals surface area contributed by atoms with Gasteiger partial charge < -0.3 is 10.2 Å². The number of pyridine rings is 1. The number of rotatable bonds is 7. The van der Waals surface area contributed by atoms with E-state index in [9.17, 15) is 0 Å². The molecule has 1 aromatic carbocycles. The topological polar surface area (TPSA) is 28.2 Å². The van der Waals surface area contributed by atoms with E-state index in [1.165, 1.54) is 16.3 Å². The SMILES string of the molecule is CCN(CC)CC(C)NCc1cncc2ccccc12. The zero-order valence-corrected chi connectivity index (χ0v) is 12.8. The monoisotopic (exact) mass is 271 g/mol. The van der Waals surface area contributed by atoms with Gasteiger partial charge in [0.15, 0.2) is 0 Å². The highest BCUT2D eigenvalue weighted by Crippen LogP contribution is 2.16. The quantitative estimate of drug-likeness (QED) is 0.839. The molecule has 1 N–H and O–H groups in total. The Labute approximate surface area is 122 Å². The van der Waals surface area contributed by atoms with Crippen molar-refractivity contribution in [2.24, 2.45) is 0 Å². The number of nitrogens with zero attached hydrogens (tertiary/aromatic N) is 2. The van der Waals surface area contributed by atoms with Crippen LogP contribution < -0.4 is 5.32 Å². The standard InChI is InChI=1S/C17H25N3/c1-4-20(5-2)13-14(3)19-12-16-11-18-10-15-8-6-7-9-17(15)16/h6-11,14,19H,4-5,12-13H2,1-3H3. The molecule has 3 nitrogen and oxygen atoms in total. The van der Waals surface area contributed by atoms with Crippen LogP contribution in [0.4, 0.5) is 0 Å². The molecule has 0 spiro atoms. The Bertz CT molecular complexity index is 529. The van der Waals surface area contributed by atoms with Gasteiger partial charge in [-0.15, -0.1) is 0 Å². The Balaban J connectivity index is 1.99. The minimum Gasteiger partial charge on any atom is -0.309 e. The van der Waals surface area contributed by atoms with Crippen molar-refractivity contribution in [2.75, 3.05) is 19.6 Å². The minimum absolute atomic E-state index is 0.480. The Kier molecular flexibility index (Phi) is 5.50. The molecule has 2 rings (SSSR count). The van der Waals surface area contributed by atoms with E-state index in [1.807, 2.05) is 12.4 Å². The van der Waals surface area contributed by atoms with Crippen LogP contribution in [0.25, 0.3) is 10.8 Å². The molecule has 0 aliphatic heterocycles. The Morgan fingerprint density at radius 1 is 1.15 bits per heavy atom. The van der Waals surface area contributed by atoms with Crippen LogP contribution in [0.1, 0.15) is 26.3 Å². The maximum Gasteiger partial charge on any atom is 0.0346 e. The average Bonchev–Trinajstić information content (AvgIpc) is 2.50. The molecule has 0 saturated heterocycles. The number of aromatic nitrogens is 1. The smallest absolute Gasteiger partial charge is 0.0346 e. The lowest BCUT2D eigenvalue weighted by Gasteiger charge is -2.23. The number of likely N-dealkylation sites (N-methyl/N-ethyl adjacent to an activating group) is 1. The number of benzene rings is 1. The maximum absolute atomic E-state index is 4.33. The molecule has 1 heterocycles. The van der Waals surface area contributed by atoms with E-state index in [-0.39, 0.29) is 0 Å². The zero-order chi connectivity index (χ0) is 14.4. The molecule has 0 fully saturated rings.